The molecule has 0 spiro atoms. The minimum atomic E-state index is -0.483. The van der Waals surface area contributed by atoms with Gasteiger partial charge in [0.15, 0.2) is 0 Å². The molecule has 1 aromatic rings. The van der Waals surface area contributed by atoms with Crippen LogP contribution in [-0.2, 0) is 0 Å². The average Bonchev–Trinajstić information content (AvgIpc) is 2.46. The minimum Gasteiger partial charge on any atom is -0.469 e. The van der Waals surface area contributed by atoms with E-state index in [-0.39, 0.29) is 23.7 Å². The Hall–Kier alpha value is -1.59. The summed E-state index contributed by atoms with van der Waals surface area (Å²) in [5.41, 5.74) is -0.0857. The zero-order chi connectivity index (χ0) is 11.6. The minimum absolute atomic E-state index is 0.0770. The fourth-order valence-corrected chi connectivity index (χ4v) is 1.06. The highest BCUT2D eigenvalue weighted by molar-refractivity contribution is 5.38. The molecule has 0 fully saturated rings. The third kappa shape index (κ3) is 2.68. The predicted molar refractivity (Wildman–Crippen MR) is 55.0 cm³/mol. The van der Waals surface area contributed by atoms with Gasteiger partial charge in [-0.05, 0) is 27.7 Å². The molecular weight excluding hydrogens is 198 g/mol. The van der Waals surface area contributed by atoms with Crippen LogP contribution in [0.3, 0.4) is 0 Å². The summed E-state index contributed by atoms with van der Waals surface area (Å²) in [4.78, 5) is 10.2. The van der Waals surface area contributed by atoms with Gasteiger partial charge in [0.2, 0.25) is 0 Å². The summed E-state index contributed by atoms with van der Waals surface area (Å²) in [6.45, 7) is 7.40. The van der Waals surface area contributed by atoms with E-state index in [4.69, 9.17) is 4.74 Å². The smallest absolute Gasteiger partial charge is 0.350 e. The molecular formula is C9H15N3O3. The molecule has 6 heteroatoms. The normalized spacial score (nSPS) is 11.1. The molecule has 0 unspecified atom stereocenters. The summed E-state index contributed by atoms with van der Waals surface area (Å²) in [5, 5.41) is 14.7. The summed E-state index contributed by atoms with van der Waals surface area (Å²) in [5.74, 6) is 0.0868. The Morgan fingerprint density at radius 3 is 2.47 bits per heavy atom. The van der Waals surface area contributed by atoms with Crippen molar-refractivity contribution in [2.75, 3.05) is 0 Å². The number of nitrogens with zero attached hydrogens (tertiary/aromatic N) is 3. The molecule has 0 aromatic carbocycles. The van der Waals surface area contributed by atoms with E-state index in [1.807, 2.05) is 13.8 Å². The second-order valence-corrected chi connectivity index (χ2v) is 3.82. The Balaban J connectivity index is 3.06. The first-order valence-corrected chi connectivity index (χ1v) is 4.82. The van der Waals surface area contributed by atoms with Crippen molar-refractivity contribution in [2.45, 2.75) is 39.8 Å². The lowest BCUT2D eigenvalue weighted by molar-refractivity contribution is -0.386. The van der Waals surface area contributed by atoms with E-state index < -0.39 is 4.92 Å². The molecule has 6 nitrogen and oxygen atoms in total. The number of hydrogen-bond donors (Lipinski definition) is 0. The van der Waals surface area contributed by atoms with Gasteiger partial charge in [-0.3, -0.25) is 14.8 Å². The zero-order valence-electron chi connectivity index (χ0n) is 9.30. The van der Waals surface area contributed by atoms with E-state index in [2.05, 4.69) is 5.10 Å². The van der Waals surface area contributed by atoms with Gasteiger partial charge in [-0.15, -0.1) is 5.10 Å². The lowest BCUT2D eigenvalue weighted by atomic mass is 10.4. The Labute approximate surface area is 88.0 Å². The van der Waals surface area contributed by atoms with Crippen molar-refractivity contribution >= 4 is 5.69 Å². The Bertz CT molecular complexity index is 357. The van der Waals surface area contributed by atoms with Crippen molar-refractivity contribution in [3.05, 3.63) is 16.3 Å². The van der Waals surface area contributed by atoms with E-state index in [9.17, 15) is 10.1 Å². The lowest BCUT2D eigenvalue weighted by Crippen LogP contribution is -2.08. The quantitative estimate of drug-likeness (QED) is 0.567. The van der Waals surface area contributed by atoms with Crippen LogP contribution in [0.2, 0.25) is 0 Å². The third-order valence-corrected chi connectivity index (χ3v) is 1.75. The molecule has 15 heavy (non-hydrogen) atoms. The number of rotatable bonds is 4. The highest BCUT2D eigenvalue weighted by Crippen LogP contribution is 2.26. The van der Waals surface area contributed by atoms with Gasteiger partial charge in [-0.25, -0.2) is 0 Å². The van der Waals surface area contributed by atoms with Gasteiger partial charge in [-0.2, -0.15) is 0 Å². The maximum atomic E-state index is 10.7. The van der Waals surface area contributed by atoms with Crippen LogP contribution < -0.4 is 4.74 Å². The molecule has 84 valence electrons. The molecule has 0 atom stereocenters. The van der Waals surface area contributed by atoms with Gasteiger partial charge in [0, 0.05) is 6.04 Å². The van der Waals surface area contributed by atoms with Crippen LogP contribution in [0, 0.1) is 10.1 Å². The maximum absolute atomic E-state index is 10.7. The maximum Gasteiger partial charge on any atom is 0.350 e. The van der Waals surface area contributed by atoms with Crippen LogP contribution in [0.5, 0.6) is 5.88 Å². The van der Waals surface area contributed by atoms with Crippen LogP contribution in [0.1, 0.15) is 33.7 Å². The van der Waals surface area contributed by atoms with Crippen molar-refractivity contribution in [1.29, 1.82) is 0 Å². The second-order valence-electron chi connectivity index (χ2n) is 3.82. The number of ether oxygens (including phenoxy) is 1. The summed E-state index contributed by atoms with van der Waals surface area (Å²) in [7, 11) is 0. The van der Waals surface area contributed by atoms with E-state index in [0.717, 1.165) is 0 Å². The molecule has 0 radical (unpaired) electrons. The van der Waals surface area contributed by atoms with Gasteiger partial charge in [0.25, 0.3) is 0 Å². The molecule has 1 heterocycles. The number of nitro groups is 1. The summed E-state index contributed by atoms with van der Waals surface area (Å²) in [6, 6.07) is 0.0770. The zero-order valence-corrected chi connectivity index (χ0v) is 9.30. The molecule has 0 amide bonds. The topological polar surface area (TPSA) is 70.2 Å². The first kappa shape index (κ1) is 11.5. The highest BCUT2D eigenvalue weighted by atomic mass is 16.6. The van der Waals surface area contributed by atoms with E-state index in [0.29, 0.717) is 0 Å². The SMILES string of the molecule is CC(C)Oc1nn(C(C)C)cc1[N+](=O)[O-]. The molecule has 0 aliphatic carbocycles. The molecule has 0 aliphatic rings. The van der Waals surface area contributed by atoms with Gasteiger partial charge in [0.05, 0.1) is 11.0 Å². The molecule has 0 bridgehead atoms. The first-order chi connectivity index (χ1) is 6.91. The molecule has 1 rings (SSSR count). The van der Waals surface area contributed by atoms with E-state index >= 15 is 0 Å². The fourth-order valence-electron chi connectivity index (χ4n) is 1.06. The van der Waals surface area contributed by atoms with Crippen LogP contribution >= 0.6 is 0 Å². The van der Waals surface area contributed by atoms with Gasteiger partial charge < -0.3 is 4.74 Å². The number of hydrogen-bond acceptors (Lipinski definition) is 4. The summed E-state index contributed by atoms with van der Waals surface area (Å²) in [6.07, 6.45) is 1.27. The van der Waals surface area contributed by atoms with Crippen molar-refractivity contribution < 1.29 is 9.66 Å². The molecule has 1 aromatic heterocycles. The summed E-state index contributed by atoms with van der Waals surface area (Å²) >= 11 is 0. The molecule has 0 N–H and O–H groups in total. The lowest BCUT2D eigenvalue weighted by Gasteiger charge is -2.05. The van der Waals surface area contributed by atoms with Gasteiger partial charge >= 0.3 is 11.6 Å². The second kappa shape index (κ2) is 4.29. The monoisotopic (exact) mass is 213 g/mol. The van der Waals surface area contributed by atoms with Gasteiger partial charge in [0.1, 0.15) is 6.20 Å². The Morgan fingerprint density at radius 2 is 2.07 bits per heavy atom. The van der Waals surface area contributed by atoms with Gasteiger partial charge in [-0.1, -0.05) is 0 Å². The predicted octanol–water partition coefficient (Wildman–Crippen LogP) is 2.16. The van der Waals surface area contributed by atoms with Crippen LogP contribution in [0.25, 0.3) is 0 Å². The van der Waals surface area contributed by atoms with Crippen LogP contribution in [0.15, 0.2) is 6.20 Å². The van der Waals surface area contributed by atoms with Crippen LogP contribution in [0.4, 0.5) is 5.69 Å². The van der Waals surface area contributed by atoms with Crippen molar-refractivity contribution in [3.8, 4) is 5.88 Å². The fraction of sp³-hybridized carbons (Fsp3) is 0.667. The summed E-state index contributed by atoms with van der Waals surface area (Å²) < 4.78 is 6.79. The Morgan fingerprint density at radius 1 is 1.47 bits per heavy atom. The van der Waals surface area contributed by atoms with Crippen molar-refractivity contribution in [1.82, 2.24) is 9.78 Å². The third-order valence-electron chi connectivity index (χ3n) is 1.75. The van der Waals surface area contributed by atoms with E-state index in [1.54, 1.807) is 13.8 Å². The average molecular weight is 213 g/mol. The molecule has 0 aliphatic heterocycles. The molecule has 0 saturated carbocycles. The van der Waals surface area contributed by atoms with E-state index in [1.165, 1.54) is 10.9 Å². The standard InChI is InChI=1S/C9H15N3O3/c1-6(2)11-5-8(12(13)14)9(10-11)15-7(3)4/h5-7H,1-4H3. The largest absolute Gasteiger partial charge is 0.469 e. The van der Waals surface area contributed by atoms with Crippen molar-refractivity contribution in [2.24, 2.45) is 0 Å². The number of aromatic nitrogens is 2. The first-order valence-electron chi connectivity index (χ1n) is 4.82. The Kier molecular flexibility index (Phi) is 3.28. The molecule has 0 saturated heterocycles. The highest BCUT2D eigenvalue weighted by Gasteiger charge is 2.22. The van der Waals surface area contributed by atoms with Crippen LogP contribution in [-0.4, -0.2) is 20.8 Å². The van der Waals surface area contributed by atoms with Crippen molar-refractivity contribution in [3.63, 3.8) is 0 Å².